The van der Waals surface area contributed by atoms with Crippen molar-refractivity contribution in [1.29, 1.82) is 0 Å². The number of nitrogens with zero attached hydrogens (tertiary/aromatic N) is 1. The standard InChI is InChI=1S/C19H18ClFN2O2S2/c20-17-13-4-3-12(21)10-16(13)27-18(17)19(24)22-11-14(15-2-1-9-26-15)23-5-7-25-8-6-23/h1-4,9-10,14H,5-8,11H2,(H,22,24)/t14-/m1/s1. The second kappa shape index (κ2) is 8.24. The van der Waals surface area contributed by atoms with Crippen LogP contribution >= 0.6 is 34.3 Å². The molecule has 1 aromatic carbocycles. The lowest BCUT2D eigenvalue weighted by Crippen LogP contribution is -2.43. The third-order valence-corrected chi connectivity index (χ3v) is 7.24. The SMILES string of the molecule is O=C(NC[C@H](c1cccs1)N1CCOCC1)c1sc2cc(F)ccc2c1Cl. The van der Waals surface area contributed by atoms with Gasteiger partial charge in [-0.05, 0) is 29.6 Å². The second-order valence-corrected chi connectivity index (χ2v) is 8.68. The van der Waals surface area contributed by atoms with Gasteiger partial charge in [0.15, 0.2) is 0 Å². The second-order valence-electron chi connectivity index (χ2n) is 6.28. The average Bonchev–Trinajstić information content (AvgIpc) is 3.31. The summed E-state index contributed by atoms with van der Waals surface area (Å²) in [6.45, 7) is 3.55. The van der Waals surface area contributed by atoms with Gasteiger partial charge in [0.25, 0.3) is 5.91 Å². The zero-order valence-electron chi connectivity index (χ0n) is 14.4. The molecule has 3 aromatic rings. The van der Waals surface area contributed by atoms with E-state index in [2.05, 4.69) is 16.3 Å². The van der Waals surface area contributed by atoms with Crippen molar-refractivity contribution in [2.45, 2.75) is 6.04 Å². The summed E-state index contributed by atoms with van der Waals surface area (Å²) < 4.78 is 19.6. The van der Waals surface area contributed by atoms with Gasteiger partial charge in [-0.2, -0.15) is 0 Å². The van der Waals surface area contributed by atoms with E-state index in [1.165, 1.54) is 28.3 Å². The number of hydrogen-bond donors (Lipinski definition) is 1. The Hall–Kier alpha value is -1.51. The molecule has 27 heavy (non-hydrogen) atoms. The minimum absolute atomic E-state index is 0.100. The van der Waals surface area contributed by atoms with E-state index in [1.807, 2.05) is 11.4 Å². The summed E-state index contributed by atoms with van der Waals surface area (Å²) in [5.74, 6) is -0.561. The van der Waals surface area contributed by atoms with Crippen LogP contribution in [0.4, 0.5) is 4.39 Å². The monoisotopic (exact) mass is 424 g/mol. The molecule has 1 N–H and O–H groups in total. The van der Waals surface area contributed by atoms with Gasteiger partial charge in [0, 0.05) is 34.6 Å². The molecule has 142 valence electrons. The van der Waals surface area contributed by atoms with Crippen molar-refractivity contribution in [1.82, 2.24) is 10.2 Å². The zero-order valence-corrected chi connectivity index (χ0v) is 16.8. The number of halogens is 2. The number of carbonyl (C=O) groups excluding carboxylic acids is 1. The summed E-state index contributed by atoms with van der Waals surface area (Å²) in [6.07, 6.45) is 0. The minimum Gasteiger partial charge on any atom is -0.379 e. The van der Waals surface area contributed by atoms with Crippen LogP contribution in [0, 0.1) is 5.82 Å². The molecule has 1 atom stereocenters. The molecule has 1 amide bonds. The first-order valence-corrected chi connectivity index (χ1v) is 10.7. The van der Waals surface area contributed by atoms with E-state index in [4.69, 9.17) is 16.3 Å². The fraction of sp³-hybridized carbons (Fsp3) is 0.316. The van der Waals surface area contributed by atoms with Crippen molar-refractivity contribution in [3.8, 4) is 0 Å². The summed E-state index contributed by atoms with van der Waals surface area (Å²) in [5, 5.41) is 6.15. The van der Waals surface area contributed by atoms with Crippen LogP contribution in [0.5, 0.6) is 0 Å². The summed E-state index contributed by atoms with van der Waals surface area (Å²) in [7, 11) is 0. The van der Waals surface area contributed by atoms with Crippen LogP contribution in [-0.4, -0.2) is 43.7 Å². The van der Waals surface area contributed by atoms with Gasteiger partial charge in [0.2, 0.25) is 0 Å². The predicted molar refractivity (Wildman–Crippen MR) is 109 cm³/mol. The molecule has 0 unspecified atom stereocenters. The van der Waals surface area contributed by atoms with Crippen LogP contribution in [0.3, 0.4) is 0 Å². The molecule has 3 heterocycles. The van der Waals surface area contributed by atoms with E-state index in [-0.39, 0.29) is 17.8 Å². The Morgan fingerprint density at radius 3 is 2.89 bits per heavy atom. The third kappa shape index (κ3) is 4.02. The normalized spacial score (nSPS) is 16.5. The fourth-order valence-corrected chi connectivity index (χ4v) is 5.55. The Balaban J connectivity index is 1.52. The Bertz CT molecular complexity index is 939. The number of morpholine rings is 1. The number of rotatable bonds is 5. The summed E-state index contributed by atoms with van der Waals surface area (Å²) in [4.78, 5) is 16.7. The third-order valence-electron chi connectivity index (χ3n) is 4.61. The van der Waals surface area contributed by atoms with Crippen LogP contribution in [-0.2, 0) is 4.74 Å². The van der Waals surface area contributed by atoms with Crippen LogP contribution in [0.1, 0.15) is 20.6 Å². The molecule has 1 saturated heterocycles. The quantitative estimate of drug-likeness (QED) is 0.652. The molecular formula is C19H18ClFN2O2S2. The van der Waals surface area contributed by atoms with Gasteiger partial charge in [-0.25, -0.2) is 4.39 Å². The number of benzene rings is 1. The van der Waals surface area contributed by atoms with E-state index in [9.17, 15) is 9.18 Å². The zero-order chi connectivity index (χ0) is 18.8. The molecule has 4 rings (SSSR count). The highest BCUT2D eigenvalue weighted by atomic mass is 35.5. The molecule has 4 nitrogen and oxygen atoms in total. The number of thiophene rings is 2. The summed E-state index contributed by atoms with van der Waals surface area (Å²) in [5.41, 5.74) is 0. The lowest BCUT2D eigenvalue weighted by Gasteiger charge is -2.34. The Morgan fingerprint density at radius 1 is 1.33 bits per heavy atom. The van der Waals surface area contributed by atoms with E-state index >= 15 is 0 Å². The molecule has 1 fully saturated rings. The van der Waals surface area contributed by atoms with Crippen molar-refractivity contribution in [2.75, 3.05) is 32.8 Å². The Morgan fingerprint density at radius 2 is 2.15 bits per heavy atom. The lowest BCUT2D eigenvalue weighted by molar-refractivity contribution is 0.0169. The molecule has 1 aliphatic rings. The maximum Gasteiger partial charge on any atom is 0.262 e. The number of ether oxygens (including phenoxy) is 1. The summed E-state index contributed by atoms with van der Waals surface area (Å²) in [6, 6.07) is 8.59. The molecule has 0 aliphatic carbocycles. The number of hydrogen-bond acceptors (Lipinski definition) is 5. The first-order chi connectivity index (χ1) is 13.1. The van der Waals surface area contributed by atoms with Gasteiger partial charge in [-0.3, -0.25) is 9.69 Å². The smallest absolute Gasteiger partial charge is 0.262 e. The van der Waals surface area contributed by atoms with Crippen molar-refractivity contribution in [3.63, 3.8) is 0 Å². The molecule has 0 radical (unpaired) electrons. The molecule has 8 heteroatoms. The van der Waals surface area contributed by atoms with E-state index in [1.54, 1.807) is 17.4 Å². The largest absolute Gasteiger partial charge is 0.379 e. The maximum absolute atomic E-state index is 13.4. The molecule has 2 aromatic heterocycles. The van der Waals surface area contributed by atoms with Gasteiger partial charge in [-0.1, -0.05) is 17.7 Å². The van der Waals surface area contributed by atoms with Gasteiger partial charge < -0.3 is 10.1 Å². The van der Waals surface area contributed by atoms with E-state index < -0.39 is 0 Å². The number of nitrogens with one attached hydrogen (secondary N) is 1. The topological polar surface area (TPSA) is 41.6 Å². The van der Waals surface area contributed by atoms with Gasteiger partial charge >= 0.3 is 0 Å². The van der Waals surface area contributed by atoms with E-state index in [0.29, 0.717) is 39.7 Å². The molecular weight excluding hydrogens is 407 g/mol. The Kier molecular flexibility index (Phi) is 5.75. The lowest BCUT2D eigenvalue weighted by atomic mass is 10.2. The molecule has 0 bridgehead atoms. The van der Waals surface area contributed by atoms with Crippen molar-refractivity contribution >= 4 is 50.3 Å². The Labute approximate surface area is 169 Å². The van der Waals surface area contributed by atoms with E-state index in [0.717, 1.165) is 13.1 Å². The van der Waals surface area contributed by atoms with Gasteiger partial charge in [-0.15, -0.1) is 22.7 Å². The van der Waals surface area contributed by atoms with Crippen molar-refractivity contribution in [2.24, 2.45) is 0 Å². The number of carbonyl (C=O) groups is 1. The molecule has 1 aliphatic heterocycles. The highest BCUT2D eigenvalue weighted by Crippen LogP contribution is 2.35. The van der Waals surface area contributed by atoms with Crippen LogP contribution < -0.4 is 5.32 Å². The molecule has 0 saturated carbocycles. The van der Waals surface area contributed by atoms with Crippen molar-refractivity contribution < 1.29 is 13.9 Å². The highest BCUT2D eigenvalue weighted by molar-refractivity contribution is 7.21. The first kappa shape index (κ1) is 18.8. The number of amides is 1. The summed E-state index contributed by atoms with van der Waals surface area (Å²) >= 11 is 9.27. The van der Waals surface area contributed by atoms with Crippen LogP contribution in [0.15, 0.2) is 35.7 Å². The number of fused-ring (bicyclic) bond motifs is 1. The van der Waals surface area contributed by atoms with Crippen LogP contribution in [0.25, 0.3) is 10.1 Å². The predicted octanol–water partition coefficient (Wildman–Crippen LogP) is 4.56. The average molecular weight is 425 g/mol. The first-order valence-electron chi connectivity index (χ1n) is 8.64. The fourth-order valence-electron chi connectivity index (χ4n) is 3.23. The minimum atomic E-state index is -0.336. The van der Waals surface area contributed by atoms with Gasteiger partial charge in [0.05, 0.1) is 24.3 Å². The van der Waals surface area contributed by atoms with Crippen molar-refractivity contribution in [3.05, 3.63) is 56.3 Å². The van der Waals surface area contributed by atoms with Gasteiger partial charge in [0.1, 0.15) is 10.7 Å². The highest BCUT2D eigenvalue weighted by Gasteiger charge is 2.25. The molecule has 0 spiro atoms. The maximum atomic E-state index is 13.4. The van der Waals surface area contributed by atoms with Crippen LogP contribution in [0.2, 0.25) is 5.02 Å².